The molecule has 0 fully saturated rings. The van der Waals surface area contributed by atoms with Crippen LogP contribution in [0.25, 0.3) is 0 Å². The predicted octanol–water partition coefficient (Wildman–Crippen LogP) is 3.33. The molecule has 1 atom stereocenters. The van der Waals surface area contributed by atoms with Gasteiger partial charge in [0.05, 0.1) is 17.2 Å². The maximum absolute atomic E-state index is 12.3. The van der Waals surface area contributed by atoms with Gasteiger partial charge >= 0.3 is 0 Å². The van der Waals surface area contributed by atoms with Gasteiger partial charge in [0, 0.05) is 13.0 Å². The summed E-state index contributed by atoms with van der Waals surface area (Å²) in [6, 6.07) is 16.6. The SMILES string of the molecule is CC[C@H](NC(=O)CCCN1C(=O)c2ccccc2C1=O)c1ccccc1. The molecule has 26 heavy (non-hydrogen) atoms. The molecule has 3 rings (SSSR count). The van der Waals surface area contributed by atoms with Crippen LogP contribution in [0.3, 0.4) is 0 Å². The fourth-order valence-corrected chi connectivity index (χ4v) is 3.21. The van der Waals surface area contributed by atoms with Gasteiger partial charge in [-0.25, -0.2) is 0 Å². The van der Waals surface area contributed by atoms with E-state index >= 15 is 0 Å². The standard InChI is InChI=1S/C21H22N2O3/c1-2-18(15-9-4-3-5-10-15)22-19(24)13-8-14-23-20(25)16-11-6-7-12-17(16)21(23)26/h3-7,9-12,18H,2,8,13-14H2,1H3,(H,22,24)/t18-/m0/s1. The third-order valence-corrected chi connectivity index (χ3v) is 4.61. The molecule has 1 N–H and O–H groups in total. The lowest BCUT2D eigenvalue weighted by Gasteiger charge is -2.18. The molecule has 2 aromatic rings. The number of amides is 3. The van der Waals surface area contributed by atoms with Crippen LogP contribution in [0.15, 0.2) is 54.6 Å². The molecule has 134 valence electrons. The average molecular weight is 350 g/mol. The summed E-state index contributed by atoms with van der Waals surface area (Å²) in [6.45, 7) is 2.28. The number of hydrogen-bond acceptors (Lipinski definition) is 3. The van der Waals surface area contributed by atoms with Crippen molar-refractivity contribution < 1.29 is 14.4 Å². The zero-order chi connectivity index (χ0) is 18.5. The highest BCUT2D eigenvalue weighted by molar-refractivity contribution is 6.21. The van der Waals surface area contributed by atoms with Crippen molar-refractivity contribution in [1.82, 2.24) is 10.2 Å². The molecule has 2 aromatic carbocycles. The summed E-state index contributed by atoms with van der Waals surface area (Å²) in [4.78, 5) is 38.1. The smallest absolute Gasteiger partial charge is 0.261 e. The van der Waals surface area contributed by atoms with Crippen LogP contribution in [0.4, 0.5) is 0 Å². The Kier molecular flexibility index (Phi) is 5.46. The van der Waals surface area contributed by atoms with Gasteiger partial charge in [0.25, 0.3) is 11.8 Å². The van der Waals surface area contributed by atoms with Crippen molar-refractivity contribution in [2.45, 2.75) is 32.2 Å². The molecular formula is C21H22N2O3. The molecule has 0 aromatic heterocycles. The van der Waals surface area contributed by atoms with Crippen LogP contribution in [0.5, 0.6) is 0 Å². The number of rotatable bonds is 7. The van der Waals surface area contributed by atoms with Crippen molar-refractivity contribution in [2.24, 2.45) is 0 Å². The minimum absolute atomic E-state index is 0.0250. The van der Waals surface area contributed by atoms with Crippen LogP contribution < -0.4 is 5.32 Å². The maximum atomic E-state index is 12.3. The second-order valence-electron chi connectivity index (χ2n) is 6.35. The molecule has 0 bridgehead atoms. The second-order valence-corrected chi connectivity index (χ2v) is 6.35. The van der Waals surface area contributed by atoms with E-state index in [-0.39, 0.29) is 36.7 Å². The molecule has 1 aliphatic heterocycles. The Morgan fingerprint density at radius 3 is 2.12 bits per heavy atom. The monoisotopic (exact) mass is 350 g/mol. The van der Waals surface area contributed by atoms with E-state index < -0.39 is 0 Å². The summed E-state index contributed by atoms with van der Waals surface area (Å²) in [5.74, 6) is -0.624. The van der Waals surface area contributed by atoms with Gasteiger partial charge in [0.2, 0.25) is 5.91 Å². The van der Waals surface area contributed by atoms with Gasteiger partial charge < -0.3 is 5.32 Å². The van der Waals surface area contributed by atoms with Crippen molar-refractivity contribution in [3.8, 4) is 0 Å². The number of nitrogens with zero attached hydrogens (tertiary/aromatic N) is 1. The number of imide groups is 1. The summed E-state index contributed by atoms with van der Waals surface area (Å²) in [5.41, 5.74) is 1.96. The van der Waals surface area contributed by atoms with E-state index in [1.54, 1.807) is 24.3 Å². The second kappa shape index (κ2) is 7.95. The van der Waals surface area contributed by atoms with E-state index in [0.717, 1.165) is 12.0 Å². The lowest BCUT2D eigenvalue weighted by molar-refractivity contribution is -0.122. The van der Waals surface area contributed by atoms with Gasteiger partial charge in [-0.15, -0.1) is 0 Å². The Labute approximate surface area is 153 Å². The number of hydrogen-bond donors (Lipinski definition) is 1. The molecule has 0 saturated heterocycles. The Hall–Kier alpha value is -2.95. The molecule has 1 aliphatic rings. The third kappa shape index (κ3) is 3.67. The minimum Gasteiger partial charge on any atom is -0.349 e. The first kappa shape index (κ1) is 17.9. The first-order chi connectivity index (χ1) is 12.6. The van der Waals surface area contributed by atoms with Gasteiger partial charge in [-0.1, -0.05) is 49.4 Å². The molecule has 0 saturated carbocycles. The van der Waals surface area contributed by atoms with E-state index in [4.69, 9.17) is 0 Å². The molecule has 5 nitrogen and oxygen atoms in total. The van der Waals surface area contributed by atoms with Crippen LogP contribution >= 0.6 is 0 Å². The first-order valence-electron chi connectivity index (χ1n) is 8.91. The number of nitrogens with one attached hydrogen (secondary N) is 1. The largest absolute Gasteiger partial charge is 0.349 e. The van der Waals surface area contributed by atoms with E-state index in [2.05, 4.69) is 5.32 Å². The molecule has 0 aliphatic carbocycles. The van der Waals surface area contributed by atoms with E-state index in [0.29, 0.717) is 17.5 Å². The van der Waals surface area contributed by atoms with Crippen LogP contribution in [0.1, 0.15) is 58.5 Å². The molecule has 0 unspecified atom stereocenters. The van der Waals surface area contributed by atoms with Crippen molar-refractivity contribution in [2.75, 3.05) is 6.54 Å². The van der Waals surface area contributed by atoms with Crippen LogP contribution in [-0.2, 0) is 4.79 Å². The zero-order valence-corrected chi connectivity index (χ0v) is 14.8. The Morgan fingerprint density at radius 1 is 0.962 bits per heavy atom. The molecule has 1 heterocycles. The average Bonchev–Trinajstić information content (AvgIpc) is 2.92. The van der Waals surface area contributed by atoms with Gasteiger partial charge in [-0.3, -0.25) is 19.3 Å². The van der Waals surface area contributed by atoms with Gasteiger partial charge in [0.15, 0.2) is 0 Å². The fraction of sp³-hybridized carbons (Fsp3) is 0.286. The van der Waals surface area contributed by atoms with Gasteiger partial charge in [-0.2, -0.15) is 0 Å². The topological polar surface area (TPSA) is 66.5 Å². The van der Waals surface area contributed by atoms with Gasteiger partial charge in [-0.05, 0) is 30.5 Å². The Bertz CT molecular complexity index is 782. The first-order valence-corrected chi connectivity index (χ1v) is 8.91. The van der Waals surface area contributed by atoms with E-state index in [1.165, 1.54) is 4.90 Å². The van der Waals surface area contributed by atoms with Crippen LogP contribution in [0, 0.1) is 0 Å². The third-order valence-electron chi connectivity index (χ3n) is 4.61. The highest BCUT2D eigenvalue weighted by atomic mass is 16.2. The quantitative estimate of drug-likeness (QED) is 0.779. The number of carbonyl (C=O) groups is 3. The molecule has 3 amide bonds. The fourth-order valence-electron chi connectivity index (χ4n) is 3.21. The van der Waals surface area contributed by atoms with Crippen LogP contribution in [-0.4, -0.2) is 29.2 Å². The van der Waals surface area contributed by atoms with Gasteiger partial charge in [0.1, 0.15) is 0 Å². The highest BCUT2D eigenvalue weighted by Crippen LogP contribution is 2.22. The normalized spacial score (nSPS) is 14.3. The van der Waals surface area contributed by atoms with E-state index in [1.807, 2.05) is 37.3 Å². The summed E-state index contributed by atoms with van der Waals surface area (Å²) in [7, 11) is 0. The lowest BCUT2D eigenvalue weighted by atomic mass is 10.0. The van der Waals surface area contributed by atoms with Crippen molar-refractivity contribution >= 4 is 17.7 Å². The molecule has 0 radical (unpaired) electrons. The highest BCUT2D eigenvalue weighted by Gasteiger charge is 2.34. The van der Waals surface area contributed by atoms with Crippen LogP contribution in [0.2, 0.25) is 0 Å². The number of carbonyl (C=O) groups excluding carboxylic acids is 3. The predicted molar refractivity (Wildman–Crippen MR) is 98.7 cm³/mol. The number of benzene rings is 2. The Morgan fingerprint density at radius 2 is 1.54 bits per heavy atom. The van der Waals surface area contributed by atoms with Crippen molar-refractivity contribution in [1.29, 1.82) is 0 Å². The summed E-state index contributed by atoms with van der Waals surface area (Å²) >= 11 is 0. The van der Waals surface area contributed by atoms with Crippen molar-refractivity contribution in [3.05, 3.63) is 71.3 Å². The molecular weight excluding hydrogens is 328 g/mol. The summed E-state index contributed by atoms with van der Waals surface area (Å²) in [5, 5.41) is 3.02. The Balaban J connectivity index is 1.52. The summed E-state index contributed by atoms with van der Waals surface area (Å²) in [6.07, 6.45) is 1.52. The minimum atomic E-state index is -0.276. The van der Waals surface area contributed by atoms with Crippen molar-refractivity contribution in [3.63, 3.8) is 0 Å². The van der Waals surface area contributed by atoms with E-state index in [9.17, 15) is 14.4 Å². The zero-order valence-electron chi connectivity index (χ0n) is 14.8. The summed E-state index contributed by atoms with van der Waals surface area (Å²) < 4.78 is 0. The maximum Gasteiger partial charge on any atom is 0.261 e. The molecule has 0 spiro atoms. The molecule has 5 heteroatoms. The number of fused-ring (bicyclic) bond motifs is 1. The lowest BCUT2D eigenvalue weighted by Crippen LogP contribution is -2.32.